The number of benzene rings is 2. The Bertz CT molecular complexity index is 848. The molecule has 2 aromatic carbocycles. The summed E-state index contributed by atoms with van der Waals surface area (Å²) in [5.41, 5.74) is 2.79. The van der Waals surface area contributed by atoms with E-state index in [0.29, 0.717) is 42.6 Å². The molecule has 136 valence electrons. The van der Waals surface area contributed by atoms with Crippen molar-refractivity contribution in [3.63, 3.8) is 0 Å². The van der Waals surface area contributed by atoms with E-state index in [-0.39, 0.29) is 18.6 Å². The first kappa shape index (κ1) is 16.6. The molecule has 0 saturated heterocycles. The fourth-order valence-electron chi connectivity index (χ4n) is 3.43. The topological polar surface area (TPSA) is 66.0 Å². The molecule has 1 N–H and O–H groups in total. The molecule has 26 heavy (non-hydrogen) atoms. The molecular formula is C20H21NO5. The average molecular weight is 355 g/mol. The largest absolute Gasteiger partial charge is 0.490 e. The number of anilines is 1. The van der Waals surface area contributed by atoms with Gasteiger partial charge in [-0.25, -0.2) is 0 Å². The van der Waals surface area contributed by atoms with Crippen molar-refractivity contribution >= 4 is 11.6 Å². The van der Waals surface area contributed by atoms with Gasteiger partial charge in [0.1, 0.15) is 0 Å². The highest BCUT2D eigenvalue weighted by Crippen LogP contribution is 2.45. The molecule has 2 aromatic rings. The van der Waals surface area contributed by atoms with Crippen molar-refractivity contribution < 1.29 is 23.7 Å². The Kier molecular flexibility index (Phi) is 4.32. The number of hydrogen-bond acceptors (Lipinski definition) is 5. The lowest BCUT2D eigenvalue weighted by molar-refractivity contribution is -0.116. The fraction of sp³-hybridized carbons (Fsp3) is 0.350. The third kappa shape index (κ3) is 2.92. The van der Waals surface area contributed by atoms with E-state index in [1.807, 2.05) is 44.2 Å². The first-order valence-corrected chi connectivity index (χ1v) is 8.82. The summed E-state index contributed by atoms with van der Waals surface area (Å²) >= 11 is 0. The monoisotopic (exact) mass is 355 g/mol. The van der Waals surface area contributed by atoms with Gasteiger partial charge in [-0.05, 0) is 43.2 Å². The number of rotatable bonds is 5. The van der Waals surface area contributed by atoms with Crippen LogP contribution < -0.4 is 24.3 Å². The number of hydrogen-bond donors (Lipinski definition) is 1. The predicted octanol–water partition coefficient (Wildman–Crippen LogP) is 3.69. The Balaban J connectivity index is 1.76. The van der Waals surface area contributed by atoms with Crippen LogP contribution in [0.1, 0.15) is 37.3 Å². The highest BCUT2D eigenvalue weighted by molar-refractivity contribution is 5.96. The van der Waals surface area contributed by atoms with Crippen LogP contribution in [0.5, 0.6) is 23.0 Å². The van der Waals surface area contributed by atoms with Gasteiger partial charge in [-0.3, -0.25) is 4.79 Å². The first-order chi connectivity index (χ1) is 12.7. The second-order valence-corrected chi connectivity index (χ2v) is 6.17. The smallest absolute Gasteiger partial charge is 0.231 e. The van der Waals surface area contributed by atoms with Crippen molar-refractivity contribution in [3.05, 3.63) is 41.5 Å². The highest BCUT2D eigenvalue weighted by Gasteiger charge is 2.30. The number of nitrogens with one attached hydrogen (secondary N) is 1. The van der Waals surface area contributed by atoms with Gasteiger partial charge in [0.2, 0.25) is 12.7 Å². The Morgan fingerprint density at radius 1 is 1.04 bits per heavy atom. The van der Waals surface area contributed by atoms with E-state index >= 15 is 0 Å². The van der Waals surface area contributed by atoms with Gasteiger partial charge in [0.25, 0.3) is 0 Å². The molecule has 6 heteroatoms. The Morgan fingerprint density at radius 2 is 1.77 bits per heavy atom. The maximum absolute atomic E-state index is 12.3. The molecule has 0 radical (unpaired) electrons. The molecule has 0 saturated carbocycles. The predicted molar refractivity (Wildman–Crippen MR) is 96.4 cm³/mol. The van der Waals surface area contributed by atoms with Crippen molar-refractivity contribution in [1.29, 1.82) is 0 Å². The molecule has 0 fully saturated rings. The molecule has 0 aliphatic carbocycles. The SMILES string of the molecule is CCOc1ccc([C@H]2CC(=O)Nc3cc4c(cc32)OCO4)cc1OCC. The summed E-state index contributed by atoms with van der Waals surface area (Å²) in [5.74, 6) is 2.67. The van der Waals surface area contributed by atoms with Crippen molar-refractivity contribution in [3.8, 4) is 23.0 Å². The maximum Gasteiger partial charge on any atom is 0.231 e. The standard InChI is InChI=1S/C20H21NO5/c1-3-23-16-6-5-12(7-17(16)24-4-2)13-9-20(22)21-15-10-19-18(8-14(13)15)25-11-26-19/h5-8,10,13H,3-4,9,11H2,1-2H3,(H,21,22)/t13-/m1/s1. The Labute approximate surface area is 152 Å². The van der Waals surface area contributed by atoms with Crippen molar-refractivity contribution in [2.45, 2.75) is 26.2 Å². The summed E-state index contributed by atoms with van der Waals surface area (Å²) in [6.45, 7) is 5.19. The molecule has 1 amide bonds. The molecule has 4 rings (SSSR count). The van der Waals surface area contributed by atoms with Gasteiger partial charge in [-0.1, -0.05) is 6.07 Å². The van der Waals surface area contributed by atoms with E-state index in [1.165, 1.54) is 0 Å². The maximum atomic E-state index is 12.3. The first-order valence-electron chi connectivity index (χ1n) is 8.82. The van der Waals surface area contributed by atoms with Crippen LogP contribution in [0.15, 0.2) is 30.3 Å². The summed E-state index contributed by atoms with van der Waals surface area (Å²) in [4.78, 5) is 12.3. The zero-order chi connectivity index (χ0) is 18.1. The van der Waals surface area contributed by atoms with E-state index in [2.05, 4.69) is 5.32 Å². The highest BCUT2D eigenvalue weighted by atomic mass is 16.7. The number of ether oxygens (including phenoxy) is 4. The van der Waals surface area contributed by atoms with Crippen LogP contribution in [0.3, 0.4) is 0 Å². The van der Waals surface area contributed by atoms with Crippen LogP contribution in [0.2, 0.25) is 0 Å². The lowest BCUT2D eigenvalue weighted by atomic mass is 9.84. The van der Waals surface area contributed by atoms with E-state index in [4.69, 9.17) is 18.9 Å². The third-order valence-corrected chi connectivity index (χ3v) is 4.55. The molecule has 2 aliphatic heterocycles. The zero-order valence-corrected chi connectivity index (χ0v) is 14.8. The molecule has 0 spiro atoms. The van der Waals surface area contributed by atoms with Crippen LogP contribution in [0.4, 0.5) is 5.69 Å². The number of fused-ring (bicyclic) bond motifs is 2. The second-order valence-electron chi connectivity index (χ2n) is 6.17. The van der Waals surface area contributed by atoms with Crippen molar-refractivity contribution in [1.82, 2.24) is 0 Å². The van der Waals surface area contributed by atoms with Crippen LogP contribution in [0.25, 0.3) is 0 Å². The van der Waals surface area contributed by atoms with Gasteiger partial charge in [0.05, 0.1) is 13.2 Å². The molecule has 0 bridgehead atoms. The molecule has 6 nitrogen and oxygen atoms in total. The van der Waals surface area contributed by atoms with Crippen molar-refractivity contribution in [2.75, 3.05) is 25.3 Å². The van der Waals surface area contributed by atoms with Gasteiger partial charge < -0.3 is 24.3 Å². The minimum atomic E-state index is -0.0804. The lowest BCUT2D eigenvalue weighted by Crippen LogP contribution is -2.23. The summed E-state index contributed by atoms with van der Waals surface area (Å²) in [7, 11) is 0. The molecule has 2 heterocycles. The number of amides is 1. The van der Waals surface area contributed by atoms with Crippen LogP contribution in [0, 0.1) is 0 Å². The molecule has 0 aromatic heterocycles. The molecule has 2 aliphatic rings. The van der Waals surface area contributed by atoms with E-state index in [9.17, 15) is 4.79 Å². The number of carbonyl (C=O) groups is 1. The van der Waals surface area contributed by atoms with Gasteiger partial charge in [-0.2, -0.15) is 0 Å². The summed E-state index contributed by atoms with van der Waals surface area (Å²) in [6, 6.07) is 9.65. The molecule has 0 unspecified atom stereocenters. The van der Waals surface area contributed by atoms with E-state index < -0.39 is 0 Å². The van der Waals surface area contributed by atoms with E-state index in [0.717, 1.165) is 16.8 Å². The van der Waals surface area contributed by atoms with Gasteiger partial charge in [-0.15, -0.1) is 0 Å². The summed E-state index contributed by atoms with van der Waals surface area (Å²) < 4.78 is 22.3. The lowest BCUT2D eigenvalue weighted by Gasteiger charge is -2.27. The quantitative estimate of drug-likeness (QED) is 0.886. The van der Waals surface area contributed by atoms with Crippen LogP contribution in [-0.4, -0.2) is 25.9 Å². The zero-order valence-electron chi connectivity index (χ0n) is 14.8. The summed E-state index contributed by atoms with van der Waals surface area (Å²) in [5, 5.41) is 2.93. The third-order valence-electron chi connectivity index (χ3n) is 4.55. The minimum absolute atomic E-state index is 0.0202. The van der Waals surface area contributed by atoms with Gasteiger partial charge in [0.15, 0.2) is 23.0 Å². The average Bonchev–Trinajstić information content (AvgIpc) is 3.08. The Hall–Kier alpha value is -2.89. The normalized spacial score (nSPS) is 17.5. The number of carbonyl (C=O) groups excluding carboxylic acids is 1. The minimum Gasteiger partial charge on any atom is -0.490 e. The summed E-state index contributed by atoms with van der Waals surface area (Å²) in [6.07, 6.45) is 0.367. The molecular weight excluding hydrogens is 334 g/mol. The van der Waals surface area contributed by atoms with Gasteiger partial charge in [0, 0.05) is 24.1 Å². The second kappa shape index (κ2) is 6.78. The van der Waals surface area contributed by atoms with Crippen LogP contribution >= 0.6 is 0 Å². The fourth-order valence-corrected chi connectivity index (χ4v) is 3.43. The van der Waals surface area contributed by atoms with Crippen LogP contribution in [-0.2, 0) is 4.79 Å². The molecule has 1 atom stereocenters. The van der Waals surface area contributed by atoms with Crippen molar-refractivity contribution in [2.24, 2.45) is 0 Å². The van der Waals surface area contributed by atoms with E-state index in [1.54, 1.807) is 0 Å². The Morgan fingerprint density at radius 3 is 2.54 bits per heavy atom. The van der Waals surface area contributed by atoms with Gasteiger partial charge >= 0.3 is 0 Å².